The van der Waals surface area contributed by atoms with Crippen LogP contribution in [0.1, 0.15) is 16.2 Å². The van der Waals surface area contributed by atoms with Crippen molar-refractivity contribution >= 4 is 11.9 Å². The average molecular weight is 351 g/mol. The Bertz CT molecular complexity index is 886. The molecule has 0 bridgehead atoms. The Labute approximate surface area is 151 Å². The predicted octanol–water partition coefficient (Wildman–Crippen LogP) is 1.08. The van der Waals surface area contributed by atoms with Crippen molar-refractivity contribution in [1.82, 2.24) is 29.6 Å². The van der Waals surface area contributed by atoms with Crippen molar-refractivity contribution in [1.29, 1.82) is 0 Å². The van der Waals surface area contributed by atoms with Gasteiger partial charge in [0.05, 0.1) is 12.2 Å². The second-order valence-electron chi connectivity index (χ2n) is 6.51. The summed E-state index contributed by atoms with van der Waals surface area (Å²) in [6, 6.07) is 7.51. The van der Waals surface area contributed by atoms with E-state index in [1.165, 1.54) is 0 Å². The number of rotatable bonds is 4. The normalized spacial score (nSPS) is 16.8. The van der Waals surface area contributed by atoms with E-state index in [9.17, 15) is 4.79 Å². The Morgan fingerprint density at radius 1 is 1.19 bits per heavy atom. The number of nitrogens with one attached hydrogen (secondary N) is 1. The van der Waals surface area contributed by atoms with E-state index < -0.39 is 0 Å². The van der Waals surface area contributed by atoms with Crippen molar-refractivity contribution in [2.75, 3.05) is 18.0 Å². The van der Waals surface area contributed by atoms with Crippen LogP contribution >= 0.6 is 0 Å². The van der Waals surface area contributed by atoms with Crippen LogP contribution in [-0.2, 0) is 20.1 Å². The fraction of sp³-hybridized carbons (Fsp3) is 0.333. The highest BCUT2D eigenvalue weighted by Gasteiger charge is 2.24. The molecule has 26 heavy (non-hydrogen) atoms. The number of aryl methyl sites for hydroxylation is 1. The van der Waals surface area contributed by atoms with Crippen LogP contribution in [0.4, 0.5) is 5.95 Å². The lowest BCUT2D eigenvalue weighted by molar-refractivity contribution is 0.0938. The zero-order valence-electron chi connectivity index (χ0n) is 14.6. The zero-order chi connectivity index (χ0) is 17.9. The van der Waals surface area contributed by atoms with E-state index in [0.717, 1.165) is 18.8 Å². The Morgan fingerprint density at radius 2 is 2.04 bits per heavy atom. The van der Waals surface area contributed by atoms with Gasteiger partial charge in [-0.05, 0) is 24.3 Å². The molecule has 0 unspecified atom stereocenters. The van der Waals surface area contributed by atoms with Gasteiger partial charge in [0, 0.05) is 57.4 Å². The van der Waals surface area contributed by atoms with E-state index in [1.807, 2.05) is 53.0 Å². The highest BCUT2D eigenvalue weighted by Crippen LogP contribution is 2.19. The number of anilines is 1. The first-order chi connectivity index (χ1) is 12.7. The number of aromatic nitrogens is 5. The van der Waals surface area contributed by atoms with Gasteiger partial charge in [0.15, 0.2) is 0 Å². The summed E-state index contributed by atoms with van der Waals surface area (Å²) >= 11 is 0. The summed E-state index contributed by atoms with van der Waals surface area (Å²) in [5.41, 5.74) is 1.77. The van der Waals surface area contributed by atoms with Crippen LogP contribution in [0.2, 0.25) is 0 Å². The molecule has 1 aliphatic rings. The Hall–Kier alpha value is -3.16. The molecule has 1 atom stereocenters. The molecule has 0 radical (unpaired) electrons. The molecule has 0 fully saturated rings. The van der Waals surface area contributed by atoms with Crippen molar-refractivity contribution < 1.29 is 4.79 Å². The van der Waals surface area contributed by atoms with Gasteiger partial charge in [-0.3, -0.25) is 9.48 Å². The summed E-state index contributed by atoms with van der Waals surface area (Å²) in [6.07, 6.45) is 7.17. The quantitative estimate of drug-likeness (QED) is 0.761. The minimum absolute atomic E-state index is 0.0649. The molecular weight excluding hydrogens is 330 g/mol. The van der Waals surface area contributed by atoms with Crippen molar-refractivity contribution in [3.8, 4) is 0 Å². The number of hydrogen-bond acceptors (Lipinski definition) is 5. The van der Waals surface area contributed by atoms with E-state index in [1.54, 1.807) is 12.4 Å². The van der Waals surface area contributed by atoms with E-state index in [4.69, 9.17) is 0 Å². The molecule has 0 aromatic carbocycles. The van der Waals surface area contributed by atoms with Gasteiger partial charge in [-0.1, -0.05) is 0 Å². The monoisotopic (exact) mass is 351 g/mol. The molecule has 3 aromatic rings. The number of carbonyl (C=O) groups excluding carboxylic acids is 1. The van der Waals surface area contributed by atoms with Gasteiger partial charge in [0.25, 0.3) is 5.91 Å². The second-order valence-corrected chi connectivity index (χ2v) is 6.51. The lowest BCUT2D eigenvalue weighted by Gasteiger charge is -2.24. The maximum Gasteiger partial charge on any atom is 0.267 e. The summed E-state index contributed by atoms with van der Waals surface area (Å²) in [4.78, 5) is 23.3. The predicted molar refractivity (Wildman–Crippen MR) is 96.5 cm³/mol. The third kappa shape index (κ3) is 3.30. The zero-order valence-corrected chi connectivity index (χ0v) is 14.6. The smallest absolute Gasteiger partial charge is 0.267 e. The third-order valence-electron chi connectivity index (χ3n) is 4.63. The molecule has 134 valence electrons. The van der Waals surface area contributed by atoms with E-state index >= 15 is 0 Å². The van der Waals surface area contributed by atoms with Gasteiger partial charge in [0.2, 0.25) is 5.95 Å². The molecule has 1 N–H and O–H groups in total. The average Bonchev–Trinajstić information content (AvgIpc) is 3.24. The van der Waals surface area contributed by atoms with Crippen LogP contribution in [-0.4, -0.2) is 43.3 Å². The maximum atomic E-state index is 12.4. The molecule has 8 heteroatoms. The number of carbonyl (C=O) groups is 1. The molecule has 0 saturated carbocycles. The molecule has 0 saturated heterocycles. The topological polar surface area (TPSA) is 80.9 Å². The first-order valence-electron chi connectivity index (χ1n) is 8.63. The van der Waals surface area contributed by atoms with Gasteiger partial charge in [-0.15, -0.1) is 0 Å². The summed E-state index contributed by atoms with van der Waals surface area (Å²) in [5.74, 6) is 0.829. The fourth-order valence-corrected chi connectivity index (χ4v) is 3.29. The summed E-state index contributed by atoms with van der Waals surface area (Å²) < 4.78 is 3.82. The summed E-state index contributed by atoms with van der Waals surface area (Å²) in [5, 5.41) is 7.47. The molecule has 1 amide bonds. The largest absolute Gasteiger partial charge is 0.350 e. The fourth-order valence-electron chi connectivity index (χ4n) is 3.29. The molecule has 1 aliphatic heterocycles. The van der Waals surface area contributed by atoms with Crippen molar-refractivity contribution in [3.05, 3.63) is 60.4 Å². The number of fused-ring (bicyclic) bond motifs is 1. The number of nitrogens with zero attached hydrogens (tertiary/aromatic N) is 6. The summed E-state index contributed by atoms with van der Waals surface area (Å²) in [7, 11) is 1.87. The number of hydrogen-bond donors (Lipinski definition) is 1. The van der Waals surface area contributed by atoms with Crippen LogP contribution < -0.4 is 10.2 Å². The van der Waals surface area contributed by atoms with Crippen LogP contribution in [0.25, 0.3) is 0 Å². The van der Waals surface area contributed by atoms with Gasteiger partial charge < -0.3 is 14.8 Å². The van der Waals surface area contributed by atoms with Crippen LogP contribution in [0.3, 0.4) is 0 Å². The summed E-state index contributed by atoms with van der Waals surface area (Å²) in [6.45, 7) is 2.76. The number of amides is 1. The van der Waals surface area contributed by atoms with E-state index in [2.05, 4.69) is 25.3 Å². The first-order valence-corrected chi connectivity index (χ1v) is 8.63. The van der Waals surface area contributed by atoms with Gasteiger partial charge in [-0.25, -0.2) is 9.97 Å². The van der Waals surface area contributed by atoms with E-state index in [0.29, 0.717) is 24.7 Å². The minimum atomic E-state index is -0.0649. The standard InChI is InChI=1S/C18H21N7O/c1-23-9-2-4-16(23)17(26)21-10-14-11-24(18-19-6-3-7-20-18)13-15-5-8-22-25(15)12-14/h2-9,14H,10-13H2,1H3,(H,21,26)/t14-/m0/s1. The van der Waals surface area contributed by atoms with Crippen LogP contribution in [0.15, 0.2) is 49.1 Å². The second kappa shape index (κ2) is 6.99. The minimum Gasteiger partial charge on any atom is -0.350 e. The SMILES string of the molecule is Cn1cccc1C(=O)NC[C@H]1CN(c2ncccn2)Cc2ccnn2C1. The maximum absolute atomic E-state index is 12.4. The molecule has 4 heterocycles. The Morgan fingerprint density at radius 3 is 2.81 bits per heavy atom. The Kier molecular flexibility index (Phi) is 4.39. The molecular formula is C18H21N7O. The van der Waals surface area contributed by atoms with Crippen molar-refractivity contribution in [2.24, 2.45) is 13.0 Å². The lowest BCUT2D eigenvalue weighted by atomic mass is 10.1. The van der Waals surface area contributed by atoms with Gasteiger partial charge in [0.1, 0.15) is 5.69 Å². The first kappa shape index (κ1) is 16.3. The van der Waals surface area contributed by atoms with E-state index in [-0.39, 0.29) is 11.8 Å². The molecule has 8 nitrogen and oxygen atoms in total. The van der Waals surface area contributed by atoms with Crippen LogP contribution in [0, 0.1) is 5.92 Å². The third-order valence-corrected chi connectivity index (χ3v) is 4.63. The van der Waals surface area contributed by atoms with Crippen LogP contribution in [0.5, 0.6) is 0 Å². The molecule has 0 aliphatic carbocycles. The van der Waals surface area contributed by atoms with Gasteiger partial charge >= 0.3 is 0 Å². The van der Waals surface area contributed by atoms with Crippen molar-refractivity contribution in [3.63, 3.8) is 0 Å². The molecule has 0 spiro atoms. The molecule has 4 rings (SSSR count). The lowest BCUT2D eigenvalue weighted by Crippen LogP contribution is -2.37. The molecule has 3 aromatic heterocycles. The highest BCUT2D eigenvalue weighted by molar-refractivity contribution is 5.92. The Balaban J connectivity index is 1.50. The van der Waals surface area contributed by atoms with Crippen molar-refractivity contribution in [2.45, 2.75) is 13.1 Å². The van der Waals surface area contributed by atoms with Gasteiger partial charge in [-0.2, -0.15) is 5.10 Å². The highest BCUT2D eigenvalue weighted by atomic mass is 16.1.